The molecule has 0 radical (unpaired) electrons. The maximum Gasteiger partial charge on any atom is 0.244 e. The molecule has 132 valence electrons. The van der Waals surface area contributed by atoms with Gasteiger partial charge in [0.2, 0.25) is 11.7 Å². The highest BCUT2D eigenvalue weighted by atomic mass is 16.5. The Morgan fingerprint density at radius 1 is 0.960 bits per heavy atom. The molecule has 2 aromatic rings. The number of nitrogens with one attached hydrogen (secondary N) is 1. The van der Waals surface area contributed by atoms with Crippen LogP contribution in [-0.4, -0.2) is 33.8 Å². The Kier molecular flexibility index (Phi) is 6.89. The molecule has 5 heteroatoms. The molecule has 0 fully saturated rings. The first-order valence-electron chi connectivity index (χ1n) is 7.98. The van der Waals surface area contributed by atoms with Crippen LogP contribution in [0.15, 0.2) is 48.5 Å². The van der Waals surface area contributed by atoms with E-state index >= 15 is 0 Å². The van der Waals surface area contributed by atoms with E-state index in [4.69, 9.17) is 14.2 Å². The third-order valence-corrected chi connectivity index (χ3v) is 3.70. The van der Waals surface area contributed by atoms with Gasteiger partial charge in [-0.1, -0.05) is 30.3 Å². The van der Waals surface area contributed by atoms with Crippen molar-refractivity contribution in [3.63, 3.8) is 0 Å². The van der Waals surface area contributed by atoms with Crippen LogP contribution >= 0.6 is 0 Å². The van der Waals surface area contributed by atoms with Crippen molar-refractivity contribution >= 4 is 12.0 Å². The zero-order valence-electron chi connectivity index (χ0n) is 14.7. The summed E-state index contributed by atoms with van der Waals surface area (Å²) in [7, 11) is 4.66. The van der Waals surface area contributed by atoms with Crippen molar-refractivity contribution in [3.05, 3.63) is 59.7 Å². The molecule has 0 unspecified atom stereocenters. The Hall–Kier alpha value is -2.95. The van der Waals surface area contributed by atoms with Crippen LogP contribution in [0, 0.1) is 0 Å². The molecular weight excluding hydrogens is 318 g/mol. The average Bonchev–Trinajstić information content (AvgIpc) is 2.66. The molecule has 0 aliphatic carbocycles. The lowest BCUT2D eigenvalue weighted by Crippen LogP contribution is -2.23. The predicted molar refractivity (Wildman–Crippen MR) is 98.3 cm³/mol. The fourth-order valence-electron chi connectivity index (χ4n) is 2.45. The quantitative estimate of drug-likeness (QED) is 0.750. The van der Waals surface area contributed by atoms with E-state index in [-0.39, 0.29) is 5.91 Å². The van der Waals surface area contributed by atoms with Crippen LogP contribution in [0.4, 0.5) is 0 Å². The average molecular weight is 341 g/mol. The van der Waals surface area contributed by atoms with Gasteiger partial charge in [-0.15, -0.1) is 0 Å². The Labute approximate surface area is 148 Å². The van der Waals surface area contributed by atoms with Crippen LogP contribution in [0.3, 0.4) is 0 Å². The molecule has 0 aliphatic heterocycles. The van der Waals surface area contributed by atoms with Gasteiger partial charge < -0.3 is 19.5 Å². The smallest absolute Gasteiger partial charge is 0.244 e. The lowest BCUT2D eigenvalue weighted by molar-refractivity contribution is -0.116. The van der Waals surface area contributed by atoms with E-state index in [0.29, 0.717) is 23.8 Å². The number of rotatable bonds is 8. The number of carbonyl (C=O) groups excluding carboxylic acids is 1. The van der Waals surface area contributed by atoms with Crippen molar-refractivity contribution < 1.29 is 19.0 Å². The summed E-state index contributed by atoms with van der Waals surface area (Å²) >= 11 is 0. The molecule has 5 nitrogen and oxygen atoms in total. The van der Waals surface area contributed by atoms with Gasteiger partial charge >= 0.3 is 0 Å². The second-order valence-corrected chi connectivity index (χ2v) is 5.28. The highest BCUT2D eigenvalue weighted by Crippen LogP contribution is 2.40. The molecule has 0 saturated carbocycles. The number of methoxy groups -OCH3 is 3. The van der Waals surface area contributed by atoms with Crippen LogP contribution < -0.4 is 19.5 Å². The zero-order valence-corrected chi connectivity index (χ0v) is 14.7. The Bertz CT molecular complexity index is 726. The monoisotopic (exact) mass is 341 g/mol. The molecule has 0 bridgehead atoms. The highest BCUT2D eigenvalue weighted by Gasteiger charge is 2.14. The largest absolute Gasteiger partial charge is 0.493 e. The third kappa shape index (κ3) is 5.01. The van der Waals surface area contributed by atoms with Crippen molar-refractivity contribution in [1.29, 1.82) is 0 Å². The standard InChI is InChI=1S/C20H23NO4/c1-23-17-11-9-16(19(24-2)20(17)25-3)10-12-18(22)21-14-13-15-7-5-4-6-8-15/h4-12H,13-14H2,1-3H3,(H,21,22)/b12-10+. The van der Waals surface area contributed by atoms with Gasteiger partial charge in [-0.2, -0.15) is 0 Å². The maximum atomic E-state index is 12.0. The van der Waals surface area contributed by atoms with Gasteiger partial charge in [0, 0.05) is 18.2 Å². The van der Waals surface area contributed by atoms with E-state index < -0.39 is 0 Å². The first kappa shape index (κ1) is 18.4. The molecule has 0 aliphatic rings. The summed E-state index contributed by atoms with van der Waals surface area (Å²) in [6.45, 7) is 0.580. The fourth-order valence-corrected chi connectivity index (χ4v) is 2.45. The summed E-state index contributed by atoms with van der Waals surface area (Å²) in [5.41, 5.74) is 1.92. The molecule has 0 saturated heterocycles. The fraction of sp³-hybridized carbons (Fsp3) is 0.250. The van der Waals surface area contributed by atoms with E-state index in [9.17, 15) is 4.79 Å². The second-order valence-electron chi connectivity index (χ2n) is 5.28. The van der Waals surface area contributed by atoms with E-state index in [0.717, 1.165) is 12.0 Å². The molecule has 0 heterocycles. The molecule has 2 rings (SSSR count). The van der Waals surface area contributed by atoms with Gasteiger partial charge in [-0.25, -0.2) is 0 Å². The summed E-state index contributed by atoms with van der Waals surface area (Å²) < 4.78 is 16.0. The van der Waals surface area contributed by atoms with Crippen molar-refractivity contribution in [3.8, 4) is 17.2 Å². The van der Waals surface area contributed by atoms with Crippen LogP contribution in [-0.2, 0) is 11.2 Å². The van der Waals surface area contributed by atoms with Crippen LogP contribution in [0.2, 0.25) is 0 Å². The Balaban J connectivity index is 1.99. The first-order chi connectivity index (χ1) is 12.2. The number of benzene rings is 2. The molecule has 0 aromatic heterocycles. The van der Waals surface area contributed by atoms with Gasteiger partial charge in [0.1, 0.15) is 0 Å². The number of carbonyl (C=O) groups is 1. The minimum absolute atomic E-state index is 0.159. The first-order valence-corrected chi connectivity index (χ1v) is 7.98. The van der Waals surface area contributed by atoms with Crippen LogP contribution in [0.5, 0.6) is 17.2 Å². The van der Waals surface area contributed by atoms with Gasteiger partial charge in [-0.3, -0.25) is 4.79 Å². The number of hydrogen-bond donors (Lipinski definition) is 1. The highest BCUT2D eigenvalue weighted by molar-refractivity contribution is 5.92. The summed E-state index contributed by atoms with van der Waals surface area (Å²) in [6, 6.07) is 13.6. The minimum Gasteiger partial charge on any atom is -0.493 e. The summed E-state index contributed by atoms with van der Waals surface area (Å²) in [5.74, 6) is 1.43. The maximum absolute atomic E-state index is 12.0. The van der Waals surface area contributed by atoms with Gasteiger partial charge in [0.05, 0.1) is 21.3 Å². The molecule has 25 heavy (non-hydrogen) atoms. The van der Waals surface area contributed by atoms with Gasteiger partial charge in [0.25, 0.3) is 0 Å². The van der Waals surface area contributed by atoms with Gasteiger partial charge in [-0.05, 0) is 30.2 Å². The molecule has 0 atom stereocenters. The van der Waals surface area contributed by atoms with Crippen LogP contribution in [0.25, 0.3) is 6.08 Å². The summed E-state index contributed by atoms with van der Waals surface area (Å²) in [5, 5.41) is 2.87. The predicted octanol–water partition coefficient (Wildman–Crippen LogP) is 3.08. The van der Waals surface area contributed by atoms with E-state index in [2.05, 4.69) is 5.32 Å². The number of ether oxygens (including phenoxy) is 3. The molecular formula is C20H23NO4. The molecule has 1 N–H and O–H groups in total. The topological polar surface area (TPSA) is 56.8 Å². The van der Waals surface area contributed by atoms with Crippen molar-refractivity contribution in [2.24, 2.45) is 0 Å². The van der Waals surface area contributed by atoms with Crippen molar-refractivity contribution in [2.75, 3.05) is 27.9 Å². The normalized spacial score (nSPS) is 10.5. The van der Waals surface area contributed by atoms with E-state index in [1.165, 1.54) is 11.6 Å². The number of hydrogen-bond acceptors (Lipinski definition) is 4. The molecule has 1 amide bonds. The summed E-state index contributed by atoms with van der Waals surface area (Å²) in [6.07, 6.45) is 3.97. The zero-order chi connectivity index (χ0) is 18.1. The Morgan fingerprint density at radius 2 is 1.68 bits per heavy atom. The van der Waals surface area contributed by atoms with E-state index in [1.54, 1.807) is 33.5 Å². The van der Waals surface area contributed by atoms with Crippen LogP contribution in [0.1, 0.15) is 11.1 Å². The van der Waals surface area contributed by atoms with Crippen molar-refractivity contribution in [1.82, 2.24) is 5.32 Å². The lowest BCUT2D eigenvalue weighted by atomic mass is 10.1. The third-order valence-electron chi connectivity index (χ3n) is 3.70. The minimum atomic E-state index is -0.159. The van der Waals surface area contributed by atoms with E-state index in [1.807, 2.05) is 36.4 Å². The Morgan fingerprint density at radius 3 is 2.32 bits per heavy atom. The second kappa shape index (κ2) is 9.37. The van der Waals surface area contributed by atoms with Gasteiger partial charge in [0.15, 0.2) is 11.5 Å². The SMILES string of the molecule is COc1ccc(/C=C/C(=O)NCCc2ccccc2)c(OC)c1OC. The number of amides is 1. The van der Waals surface area contributed by atoms with Crippen molar-refractivity contribution in [2.45, 2.75) is 6.42 Å². The lowest BCUT2D eigenvalue weighted by Gasteiger charge is -2.13. The molecule has 2 aromatic carbocycles. The molecule has 0 spiro atoms. The summed E-state index contributed by atoms with van der Waals surface area (Å²) in [4.78, 5) is 12.0.